The third kappa shape index (κ3) is 4.82. The Morgan fingerprint density at radius 1 is 1.34 bits per heavy atom. The van der Waals surface area contributed by atoms with E-state index in [1.54, 1.807) is 12.1 Å². The zero-order valence-electron chi connectivity index (χ0n) is 17.9. The minimum atomic E-state index is -0.584. The van der Waals surface area contributed by atoms with Crippen LogP contribution in [0.5, 0.6) is 5.75 Å². The Morgan fingerprint density at radius 3 is 2.79 bits per heavy atom. The van der Waals surface area contributed by atoms with Crippen LogP contribution in [0.2, 0.25) is 0 Å². The number of methoxy groups -OCH3 is 2. The summed E-state index contributed by atoms with van der Waals surface area (Å²) in [7, 11) is 2.86. The number of nitrogens with one attached hydrogen (secondary N) is 1. The summed E-state index contributed by atoms with van der Waals surface area (Å²) in [5.41, 5.74) is 3.09. The SMILES string of the molecule is COC(=O)c1cc(CNC[C@@H](O)COCC2=CC[C@H]3C[C@H]2C3(C)C)ccc1OC. The van der Waals surface area contributed by atoms with Crippen LogP contribution in [0.1, 0.15) is 42.6 Å². The fourth-order valence-corrected chi connectivity index (χ4v) is 4.53. The number of hydrogen-bond acceptors (Lipinski definition) is 6. The molecule has 0 radical (unpaired) electrons. The number of carbonyl (C=O) groups is 1. The molecule has 1 saturated carbocycles. The van der Waals surface area contributed by atoms with Gasteiger partial charge in [0.15, 0.2) is 0 Å². The monoisotopic (exact) mass is 403 g/mol. The molecule has 6 heteroatoms. The summed E-state index contributed by atoms with van der Waals surface area (Å²) in [6.07, 6.45) is 4.18. The molecule has 2 bridgehead atoms. The van der Waals surface area contributed by atoms with Gasteiger partial charge in [-0.15, -0.1) is 0 Å². The third-order valence-electron chi connectivity index (χ3n) is 6.54. The summed E-state index contributed by atoms with van der Waals surface area (Å²) < 4.78 is 15.8. The minimum absolute atomic E-state index is 0.303. The van der Waals surface area contributed by atoms with Gasteiger partial charge in [-0.05, 0) is 53.4 Å². The van der Waals surface area contributed by atoms with E-state index in [2.05, 4.69) is 25.2 Å². The van der Waals surface area contributed by atoms with Crippen LogP contribution in [0, 0.1) is 17.3 Å². The molecule has 4 rings (SSSR count). The lowest BCUT2D eigenvalue weighted by Crippen LogP contribution is -2.48. The Kier molecular flexibility index (Phi) is 6.98. The molecule has 0 aliphatic heterocycles. The van der Waals surface area contributed by atoms with Gasteiger partial charge in [0.05, 0.1) is 33.5 Å². The van der Waals surface area contributed by atoms with E-state index in [4.69, 9.17) is 14.2 Å². The average Bonchev–Trinajstić information content (AvgIpc) is 2.73. The van der Waals surface area contributed by atoms with Crippen LogP contribution in [-0.2, 0) is 16.0 Å². The van der Waals surface area contributed by atoms with E-state index in [0.717, 1.165) is 17.9 Å². The molecule has 0 saturated heterocycles. The minimum Gasteiger partial charge on any atom is -0.496 e. The zero-order valence-corrected chi connectivity index (χ0v) is 17.9. The van der Waals surface area contributed by atoms with Crippen LogP contribution in [0.3, 0.4) is 0 Å². The highest BCUT2D eigenvalue weighted by molar-refractivity contribution is 5.92. The number of esters is 1. The molecular formula is C23H33NO5. The molecular weight excluding hydrogens is 370 g/mol. The number of benzene rings is 1. The Balaban J connectivity index is 1.40. The van der Waals surface area contributed by atoms with Gasteiger partial charge in [-0.1, -0.05) is 26.0 Å². The molecule has 3 atom stereocenters. The van der Waals surface area contributed by atoms with E-state index >= 15 is 0 Å². The van der Waals surface area contributed by atoms with Crippen molar-refractivity contribution >= 4 is 5.97 Å². The molecule has 1 aromatic carbocycles. The van der Waals surface area contributed by atoms with Crippen molar-refractivity contribution in [1.29, 1.82) is 0 Å². The van der Waals surface area contributed by atoms with E-state index in [1.165, 1.54) is 26.2 Å². The first-order chi connectivity index (χ1) is 13.9. The van der Waals surface area contributed by atoms with Gasteiger partial charge in [-0.3, -0.25) is 0 Å². The number of allylic oxidation sites excluding steroid dienone is 1. The van der Waals surface area contributed by atoms with E-state index < -0.39 is 12.1 Å². The van der Waals surface area contributed by atoms with Gasteiger partial charge in [-0.2, -0.15) is 0 Å². The summed E-state index contributed by atoms with van der Waals surface area (Å²) in [5, 5.41) is 13.4. The quantitative estimate of drug-likeness (QED) is 0.462. The molecule has 3 aliphatic carbocycles. The lowest BCUT2D eigenvalue weighted by atomic mass is 9.49. The second kappa shape index (κ2) is 9.28. The summed E-state index contributed by atoms with van der Waals surface area (Å²) in [6, 6.07) is 5.36. The third-order valence-corrected chi connectivity index (χ3v) is 6.54. The van der Waals surface area contributed by atoms with E-state index in [-0.39, 0.29) is 0 Å². The molecule has 160 valence electrons. The van der Waals surface area contributed by atoms with Crippen LogP contribution in [0.4, 0.5) is 0 Å². The van der Waals surface area contributed by atoms with Gasteiger partial charge in [0.2, 0.25) is 0 Å². The van der Waals surface area contributed by atoms with Crippen LogP contribution >= 0.6 is 0 Å². The van der Waals surface area contributed by atoms with Gasteiger partial charge in [0, 0.05) is 13.1 Å². The molecule has 1 fully saturated rings. The Hall–Kier alpha value is -1.89. The normalized spacial score (nSPS) is 23.0. The number of fused-ring (bicyclic) bond motifs is 1. The Bertz CT molecular complexity index is 758. The highest BCUT2D eigenvalue weighted by Crippen LogP contribution is 2.59. The first kappa shape index (κ1) is 21.8. The second-order valence-corrected chi connectivity index (χ2v) is 8.65. The number of rotatable bonds is 10. The average molecular weight is 404 g/mol. The smallest absolute Gasteiger partial charge is 0.341 e. The predicted octanol–water partition coefficient (Wildman–Crippen LogP) is 2.94. The largest absolute Gasteiger partial charge is 0.496 e. The maximum absolute atomic E-state index is 11.9. The van der Waals surface area contributed by atoms with Crippen LogP contribution in [-0.4, -0.2) is 51.2 Å². The summed E-state index contributed by atoms with van der Waals surface area (Å²) >= 11 is 0. The topological polar surface area (TPSA) is 77.0 Å². The maximum Gasteiger partial charge on any atom is 0.341 e. The number of ether oxygens (including phenoxy) is 3. The van der Waals surface area contributed by atoms with Gasteiger partial charge in [-0.25, -0.2) is 4.79 Å². The lowest BCUT2D eigenvalue weighted by Gasteiger charge is -2.56. The van der Waals surface area contributed by atoms with Gasteiger partial charge >= 0.3 is 5.97 Å². The van der Waals surface area contributed by atoms with Crippen molar-refractivity contribution in [3.63, 3.8) is 0 Å². The highest BCUT2D eigenvalue weighted by atomic mass is 16.5. The summed E-state index contributed by atoms with van der Waals surface area (Å²) in [5.74, 6) is 1.50. The predicted molar refractivity (Wildman–Crippen MR) is 111 cm³/mol. The standard InChI is InChI=1S/C23H33NO5/c1-23(2)17-7-6-16(20(23)10-17)13-29-14-18(25)12-24-11-15-5-8-21(27-3)19(9-15)22(26)28-4/h5-6,8-9,17-18,20,24-25H,7,10-14H2,1-4H3/t17-,18+,20+/m0/s1. The van der Waals surface area contributed by atoms with Crippen molar-refractivity contribution < 1.29 is 24.1 Å². The molecule has 0 aromatic heterocycles. The number of aliphatic hydroxyl groups excluding tert-OH is 1. The molecule has 1 aromatic rings. The zero-order chi connectivity index (χ0) is 21.0. The van der Waals surface area contributed by atoms with Crippen molar-refractivity contribution in [2.24, 2.45) is 17.3 Å². The van der Waals surface area contributed by atoms with Crippen LogP contribution < -0.4 is 10.1 Å². The van der Waals surface area contributed by atoms with Gasteiger partial charge in [0.1, 0.15) is 11.3 Å². The molecule has 2 N–H and O–H groups in total. The van der Waals surface area contributed by atoms with Crippen LogP contribution in [0.25, 0.3) is 0 Å². The summed E-state index contributed by atoms with van der Waals surface area (Å²) in [4.78, 5) is 11.9. The fraction of sp³-hybridized carbons (Fsp3) is 0.609. The first-order valence-electron chi connectivity index (χ1n) is 10.3. The first-order valence-corrected chi connectivity index (χ1v) is 10.3. The molecule has 0 spiro atoms. The van der Waals surface area contributed by atoms with Crippen molar-refractivity contribution in [2.75, 3.05) is 34.0 Å². The fourth-order valence-electron chi connectivity index (χ4n) is 4.53. The number of aliphatic hydroxyl groups is 1. The molecule has 0 amide bonds. The lowest BCUT2D eigenvalue weighted by molar-refractivity contribution is -0.0235. The Labute approximate surface area is 173 Å². The molecule has 6 nitrogen and oxygen atoms in total. The second-order valence-electron chi connectivity index (χ2n) is 8.65. The highest BCUT2D eigenvalue weighted by Gasteiger charge is 2.50. The van der Waals surface area contributed by atoms with Gasteiger partial charge in [0.25, 0.3) is 0 Å². The Morgan fingerprint density at radius 2 is 2.14 bits per heavy atom. The molecule has 29 heavy (non-hydrogen) atoms. The van der Waals surface area contributed by atoms with E-state index in [0.29, 0.717) is 48.9 Å². The summed E-state index contributed by atoms with van der Waals surface area (Å²) in [6.45, 7) is 6.55. The van der Waals surface area contributed by atoms with Crippen molar-refractivity contribution in [1.82, 2.24) is 5.32 Å². The van der Waals surface area contributed by atoms with Gasteiger partial charge < -0.3 is 24.6 Å². The van der Waals surface area contributed by atoms with Crippen molar-refractivity contribution in [2.45, 2.75) is 39.3 Å². The van der Waals surface area contributed by atoms with E-state index in [9.17, 15) is 9.90 Å². The van der Waals surface area contributed by atoms with E-state index in [1.807, 2.05) is 6.07 Å². The molecule has 0 unspecified atom stereocenters. The van der Waals surface area contributed by atoms with Crippen molar-refractivity contribution in [3.05, 3.63) is 41.0 Å². The maximum atomic E-state index is 11.9. The molecule has 3 aliphatic rings. The van der Waals surface area contributed by atoms with Crippen LogP contribution in [0.15, 0.2) is 29.8 Å². The number of carbonyl (C=O) groups excluding carboxylic acids is 1. The van der Waals surface area contributed by atoms with Crippen molar-refractivity contribution in [3.8, 4) is 5.75 Å². The molecule has 0 heterocycles. The number of hydrogen-bond donors (Lipinski definition) is 2.